The van der Waals surface area contributed by atoms with E-state index < -0.39 is 16.9 Å². The first-order valence-corrected chi connectivity index (χ1v) is 20.9. The fourth-order valence-corrected chi connectivity index (χ4v) is 13.7. The number of nitrogens with zero attached hydrogens (tertiary/aromatic N) is 1. The van der Waals surface area contributed by atoms with E-state index in [-0.39, 0.29) is 64.9 Å². The van der Waals surface area contributed by atoms with E-state index in [1.165, 1.54) is 16.5 Å². The van der Waals surface area contributed by atoms with Crippen molar-refractivity contribution >= 4 is 22.8 Å². The molecule has 2 aromatic rings. The number of carbonyl (C=O) groups is 2. The maximum Gasteiger partial charge on any atom is 0.312 e. The van der Waals surface area contributed by atoms with E-state index in [0.717, 1.165) is 94.7 Å². The van der Waals surface area contributed by atoms with E-state index in [4.69, 9.17) is 15.2 Å². The van der Waals surface area contributed by atoms with Gasteiger partial charge in [-0.3, -0.25) is 9.59 Å². The average molecular weight is 727 g/mol. The second kappa shape index (κ2) is 14.3. The molecule has 4 aliphatic carbocycles. The molecule has 11 atom stereocenters. The normalized spacial score (nSPS) is 39.0. The van der Waals surface area contributed by atoms with Gasteiger partial charge in [-0.1, -0.05) is 69.7 Å². The summed E-state index contributed by atoms with van der Waals surface area (Å²) in [6.45, 7) is 22.3. The molecule has 4 saturated carbocycles. The Hall–Kier alpha value is -2.90. The van der Waals surface area contributed by atoms with Gasteiger partial charge in [-0.05, 0) is 137 Å². The molecule has 1 aromatic heterocycles. The lowest BCUT2D eigenvalue weighted by molar-refractivity contribution is -0.260. The number of hydrogen-bond donors (Lipinski definition) is 2. The highest BCUT2D eigenvalue weighted by Gasteiger charge is 2.74. The van der Waals surface area contributed by atoms with Crippen LogP contribution in [0.15, 0.2) is 54.8 Å². The van der Waals surface area contributed by atoms with E-state index >= 15 is 0 Å². The van der Waals surface area contributed by atoms with E-state index in [2.05, 4.69) is 82.8 Å². The lowest BCUT2D eigenvalue weighted by Gasteiger charge is -2.71. The van der Waals surface area contributed by atoms with Gasteiger partial charge in [0.05, 0.1) is 24.5 Å². The van der Waals surface area contributed by atoms with Crippen LogP contribution in [0, 0.1) is 51.2 Å². The third kappa shape index (κ3) is 5.97. The van der Waals surface area contributed by atoms with Crippen LogP contribution in [0.1, 0.15) is 117 Å². The van der Waals surface area contributed by atoms with Crippen molar-refractivity contribution in [2.45, 2.75) is 137 Å². The Morgan fingerprint density at radius 3 is 2.49 bits per heavy atom. The van der Waals surface area contributed by atoms with E-state index in [1.54, 1.807) is 0 Å². The van der Waals surface area contributed by atoms with Crippen molar-refractivity contribution in [2.24, 2.45) is 57.0 Å². The molecular formula is C46H66N2O5. The molecule has 5 fully saturated rings. The van der Waals surface area contributed by atoms with Crippen LogP contribution in [0.4, 0.5) is 0 Å². The molecule has 290 valence electrons. The third-order valence-corrected chi connectivity index (χ3v) is 16.3. The van der Waals surface area contributed by atoms with E-state index in [0.29, 0.717) is 13.2 Å². The van der Waals surface area contributed by atoms with Gasteiger partial charge < -0.3 is 24.9 Å². The minimum Gasteiger partial charge on any atom is -0.465 e. The predicted octanol–water partition coefficient (Wildman–Crippen LogP) is 8.95. The van der Waals surface area contributed by atoms with Crippen molar-refractivity contribution in [1.82, 2.24) is 4.57 Å². The van der Waals surface area contributed by atoms with Crippen LogP contribution in [0.2, 0.25) is 0 Å². The van der Waals surface area contributed by atoms with Crippen LogP contribution >= 0.6 is 0 Å². The minimum absolute atomic E-state index is 0.0153. The molecule has 7 rings (SSSR count). The summed E-state index contributed by atoms with van der Waals surface area (Å²) in [7, 11) is 0. The Bertz CT molecular complexity index is 1750. The number of ether oxygens (including phenoxy) is 2. The highest BCUT2D eigenvalue weighted by molar-refractivity contribution is 5.84. The van der Waals surface area contributed by atoms with Gasteiger partial charge in [0.15, 0.2) is 0 Å². The van der Waals surface area contributed by atoms with Crippen LogP contribution in [-0.4, -0.2) is 47.0 Å². The topological polar surface area (TPSA) is 104 Å². The zero-order valence-electron chi connectivity index (χ0n) is 33.3. The molecule has 1 aromatic carbocycles. The van der Waals surface area contributed by atoms with Crippen molar-refractivity contribution in [3.63, 3.8) is 0 Å². The van der Waals surface area contributed by atoms with Crippen LogP contribution < -0.4 is 5.73 Å². The van der Waals surface area contributed by atoms with Gasteiger partial charge in [-0.15, -0.1) is 0 Å². The van der Waals surface area contributed by atoms with Gasteiger partial charge in [0, 0.05) is 35.0 Å². The second-order valence-electron chi connectivity index (χ2n) is 18.8. The quantitative estimate of drug-likeness (QED) is 0.129. The lowest BCUT2D eigenvalue weighted by Crippen LogP contribution is -2.69. The molecule has 1 aliphatic heterocycles. The number of para-hydroxylation sites is 1. The predicted molar refractivity (Wildman–Crippen MR) is 211 cm³/mol. The summed E-state index contributed by atoms with van der Waals surface area (Å²) < 4.78 is 15.1. The molecular weight excluding hydrogens is 661 g/mol. The molecule has 3 N–H and O–H groups in total. The van der Waals surface area contributed by atoms with Gasteiger partial charge in [-0.2, -0.15) is 0 Å². The Morgan fingerprint density at radius 2 is 1.75 bits per heavy atom. The number of hydrogen-bond acceptors (Lipinski definition) is 6. The fraction of sp³-hybridized carbons (Fsp3) is 0.696. The first-order valence-electron chi connectivity index (χ1n) is 20.9. The Labute approximate surface area is 318 Å². The number of benzene rings is 1. The van der Waals surface area contributed by atoms with Gasteiger partial charge in [0.25, 0.3) is 0 Å². The number of fused-ring (bicyclic) bond motifs is 5. The molecule has 7 heteroatoms. The number of aromatic nitrogens is 1. The maximum absolute atomic E-state index is 14.5. The van der Waals surface area contributed by atoms with Gasteiger partial charge >= 0.3 is 11.9 Å². The number of esters is 2. The summed E-state index contributed by atoms with van der Waals surface area (Å²) in [6, 6.07) is 8.59. The highest BCUT2D eigenvalue weighted by Crippen LogP contribution is 2.77. The summed E-state index contributed by atoms with van der Waals surface area (Å²) >= 11 is 0. The fourth-order valence-electron chi connectivity index (χ4n) is 13.7. The zero-order chi connectivity index (χ0) is 37.9. The first kappa shape index (κ1) is 38.4. The second-order valence-corrected chi connectivity index (χ2v) is 18.8. The number of rotatable bonds is 12. The molecule has 7 nitrogen and oxygen atoms in total. The van der Waals surface area contributed by atoms with Gasteiger partial charge in [0.2, 0.25) is 0 Å². The standard InChI is InChI=1S/C46H66N2O5/c1-29(2)32-16-20-46(42(51)52-25-13-9-8-12-24-48-28-31(18-23-47)33-14-10-11-15-36(33)48)22-21-43(5)35(40(32)46)26-37-41-44(43,6)19-17-34(30(3)4)45(41,7)38(49)27-39(50)53-37/h10-11,14-15,28,32,34-35,37-38,40-41,49H,1,3,8-9,12-13,16-27,47H2,2,4-7H3/t32-,34-,35+,37+,38+,40+,41-,43+,44+,45+,46-/m0/s1. The smallest absolute Gasteiger partial charge is 0.312 e. The Balaban J connectivity index is 1.06. The highest BCUT2D eigenvalue weighted by atomic mass is 16.5. The summed E-state index contributed by atoms with van der Waals surface area (Å²) in [5.74, 6) is 0.338. The van der Waals surface area contributed by atoms with Crippen LogP contribution in [0.5, 0.6) is 0 Å². The van der Waals surface area contributed by atoms with Crippen LogP contribution in [0.25, 0.3) is 10.9 Å². The van der Waals surface area contributed by atoms with E-state index in [1.807, 2.05) is 0 Å². The number of unbranched alkanes of at least 4 members (excludes halogenated alkanes) is 3. The maximum atomic E-state index is 14.5. The molecule has 2 heterocycles. The third-order valence-electron chi connectivity index (χ3n) is 16.3. The number of aliphatic hydroxyl groups is 1. The van der Waals surface area contributed by atoms with Crippen LogP contribution in [0.3, 0.4) is 0 Å². The molecule has 53 heavy (non-hydrogen) atoms. The van der Waals surface area contributed by atoms with Crippen molar-refractivity contribution in [3.8, 4) is 0 Å². The number of nitrogens with two attached hydrogens (primary N) is 1. The molecule has 0 radical (unpaired) electrons. The minimum atomic E-state index is -0.776. The van der Waals surface area contributed by atoms with Crippen molar-refractivity contribution in [1.29, 1.82) is 0 Å². The zero-order valence-corrected chi connectivity index (χ0v) is 33.3. The number of allylic oxidation sites excluding steroid dienone is 2. The van der Waals surface area contributed by atoms with Crippen molar-refractivity contribution in [3.05, 3.63) is 60.3 Å². The molecule has 1 saturated heterocycles. The first-order chi connectivity index (χ1) is 25.2. The molecule has 0 amide bonds. The number of carbonyl (C=O) groups excluding carboxylic acids is 2. The summed E-state index contributed by atoms with van der Waals surface area (Å²) in [5.41, 5.74) is 9.40. The SMILES string of the molecule is C=C(C)[C@@H]1CC[C@]2(C(=O)OCCCCCCn3cc(CCN)c4ccccc43)CC[C@]3(C)[C@H](C[C@H]4OC(=O)C[C@@H](O)[C@]5(C)[C@@H]4[C@@]3(C)CC[C@H]5C(=C)C)[C@@H]12. The van der Waals surface area contributed by atoms with Crippen LogP contribution in [-0.2, 0) is 32.0 Å². The monoisotopic (exact) mass is 726 g/mol. The number of aliphatic hydroxyl groups excluding tert-OH is 1. The summed E-state index contributed by atoms with van der Waals surface area (Å²) in [6.07, 6.45) is 12.4. The molecule has 5 aliphatic rings. The summed E-state index contributed by atoms with van der Waals surface area (Å²) in [5, 5.41) is 13.1. The Kier molecular flexibility index (Phi) is 10.4. The van der Waals surface area contributed by atoms with Gasteiger partial charge in [0.1, 0.15) is 6.10 Å². The summed E-state index contributed by atoms with van der Waals surface area (Å²) in [4.78, 5) is 27.8. The number of aryl methyl sites for hydroxylation is 1. The average Bonchev–Trinajstić information content (AvgIpc) is 3.65. The van der Waals surface area contributed by atoms with Crippen molar-refractivity contribution < 1.29 is 24.2 Å². The molecule has 0 unspecified atom stereocenters. The lowest BCUT2D eigenvalue weighted by atomic mass is 9.33. The Morgan fingerprint density at radius 1 is 1.00 bits per heavy atom. The molecule has 0 bridgehead atoms. The largest absolute Gasteiger partial charge is 0.465 e. The molecule has 0 spiro atoms. The van der Waals surface area contributed by atoms with E-state index in [9.17, 15) is 14.7 Å². The van der Waals surface area contributed by atoms with Gasteiger partial charge in [-0.25, -0.2) is 0 Å². The van der Waals surface area contributed by atoms with Crippen molar-refractivity contribution in [2.75, 3.05) is 13.2 Å².